The Hall–Kier alpha value is -1.07. The Morgan fingerprint density at radius 2 is 2.06 bits per heavy atom. The van der Waals surface area contributed by atoms with Crippen LogP contribution < -0.4 is 0 Å². The first kappa shape index (κ1) is 12.4. The number of carbonyl (C=O) groups is 2. The Morgan fingerprint density at radius 3 is 2.65 bits per heavy atom. The molecule has 88 valence electrons. The normalized spacial score (nSPS) is 18.2. The molecule has 5 heteroatoms. The SMILES string of the molecule is CCN1C(=O)S/C(=C/c2ccccc2Br)C1=O. The summed E-state index contributed by atoms with van der Waals surface area (Å²) in [5, 5.41) is -0.198. The Kier molecular flexibility index (Phi) is 3.69. The Morgan fingerprint density at radius 1 is 1.35 bits per heavy atom. The molecule has 0 bridgehead atoms. The fraction of sp³-hybridized carbons (Fsp3) is 0.167. The second-order valence-corrected chi connectivity index (χ2v) is 5.30. The first-order valence-corrected chi connectivity index (χ1v) is 6.74. The van der Waals surface area contributed by atoms with Crippen molar-refractivity contribution in [1.82, 2.24) is 4.90 Å². The summed E-state index contributed by atoms with van der Waals surface area (Å²) < 4.78 is 0.906. The molecule has 0 aromatic heterocycles. The van der Waals surface area contributed by atoms with Gasteiger partial charge in [-0.3, -0.25) is 14.5 Å². The molecule has 2 amide bonds. The molecule has 17 heavy (non-hydrogen) atoms. The van der Waals surface area contributed by atoms with E-state index in [4.69, 9.17) is 0 Å². The minimum atomic E-state index is -0.210. The second-order valence-electron chi connectivity index (χ2n) is 3.45. The molecular weight excluding hydrogens is 302 g/mol. The predicted octanol–water partition coefficient (Wildman–Crippen LogP) is 3.51. The lowest BCUT2D eigenvalue weighted by Gasteiger charge is -2.07. The van der Waals surface area contributed by atoms with Gasteiger partial charge < -0.3 is 0 Å². The van der Waals surface area contributed by atoms with Crippen LogP contribution in [0.25, 0.3) is 6.08 Å². The van der Waals surface area contributed by atoms with Gasteiger partial charge in [0.2, 0.25) is 0 Å². The summed E-state index contributed by atoms with van der Waals surface area (Å²) in [6, 6.07) is 7.58. The van der Waals surface area contributed by atoms with Gasteiger partial charge in [-0.05, 0) is 36.4 Å². The van der Waals surface area contributed by atoms with Crippen LogP contribution in [0.4, 0.5) is 4.79 Å². The largest absolute Gasteiger partial charge is 0.293 e. The number of thioether (sulfide) groups is 1. The van der Waals surface area contributed by atoms with Gasteiger partial charge in [-0.15, -0.1) is 0 Å². The van der Waals surface area contributed by atoms with Crippen molar-refractivity contribution in [3.8, 4) is 0 Å². The van der Waals surface area contributed by atoms with Crippen LogP contribution in [0.5, 0.6) is 0 Å². The van der Waals surface area contributed by atoms with E-state index in [2.05, 4.69) is 15.9 Å². The molecular formula is C12H10BrNO2S. The highest BCUT2D eigenvalue weighted by Crippen LogP contribution is 2.33. The molecule has 0 radical (unpaired) electrons. The number of rotatable bonds is 2. The standard InChI is InChI=1S/C12H10BrNO2S/c1-2-14-11(15)10(17-12(14)16)7-8-5-3-4-6-9(8)13/h3-7H,2H2,1H3/b10-7+. The zero-order chi connectivity index (χ0) is 12.4. The van der Waals surface area contributed by atoms with E-state index in [1.807, 2.05) is 24.3 Å². The first-order valence-electron chi connectivity index (χ1n) is 5.13. The van der Waals surface area contributed by atoms with E-state index < -0.39 is 0 Å². The number of benzene rings is 1. The van der Waals surface area contributed by atoms with Crippen molar-refractivity contribution in [3.63, 3.8) is 0 Å². The van der Waals surface area contributed by atoms with E-state index in [1.165, 1.54) is 4.90 Å². The van der Waals surface area contributed by atoms with Gasteiger partial charge in [-0.25, -0.2) is 0 Å². The van der Waals surface area contributed by atoms with Gasteiger partial charge in [0, 0.05) is 11.0 Å². The molecule has 1 saturated heterocycles. The van der Waals surface area contributed by atoms with Gasteiger partial charge in [0.15, 0.2) is 0 Å². The van der Waals surface area contributed by atoms with Gasteiger partial charge in [0.1, 0.15) is 0 Å². The minimum absolute atomic E-state index is 0.198. The zero-order valence-corrected chi connectivity index (χ0v) is 11.5. The second kappa shape index (κ2) is 5.06. The van der Waals surface area contributed by atoms with Gasteiger partial charge in [0.25, 0.3) is 11.1 Å². The van der Waals surface area contributed by atoms with Gasteiger partial charge >= 0.3 is 0 Å². The van der Waals surface area contributed by atoms with Crippen LogP contribution in [0.3, 0.4) is 0 Å². The molecule has 1 aromatic rings. The van der Waals surface area contributed by atoms with Crippen LogP contribution in [0, 0.1) is 0 Å². The Balaban J connectivity index is 2.34. The summed E-state index contributed by atoms with van der Waals surface area (Å²) >= 11 is 4.39. The highest BCUT2D eigenvalue weighted by atomic mass is 79.9. The van der Waals surface area contributed by atoms with E-state index in [1.54, 1.807) is 13.0 Å². The third-order valence-corrected chi connectivity index (χ3v) is 4.01. The average molecular weight is 312 g/mol. The van der Waals surface area contributed by atoms with Crippen molar-refractivity contribution >= 4 is 44.9 Å². The summed E-state index contributed by atoms with van der Waals surface area (Å²) in [5.74, 6) is -0.210. The summed E-state index contributed by atoms with van der Waals surface area (Å²) in [7, 11) is 0. The van der Waals surface area contributed by atoms with Gasteiger partial charge in [-0.2, -0.15) is 0 Å². The molecule has 3 nitrogen and oxygen atoms in total. The fourth-order valence-corrected chi connectivity index (χ4v) is 2.80. The highest BCUT2D eigenvalue weighted by Gasteiger charge is 2.33. The van der Waals surface area contributed by atoms with Crippen molar-refractivity contribution in [2.45, 2.75) is 6.92 Å². The number of likely N-dealkylation sites (N-methyl/N-ethyl adjacent to an activating group) is 1. The molecule has 1 heterocycles. The maximum atomic E-state index is 11.9. The lowest BCUT2D eigenvalue weighted by atomic mass is 10.2. The number of carbonyl (C=O) groups excluding carboxylic acids is 2. The van der Waals surface area contributed by atoms with E-state index in [-0.39, 0.29) is 11.1 Å². The lowest BCUT2D eigenvalue weighted by molar-refractivity contribution is -0.122. The van der Waals surface area contributed by atoms with E-state index in [0.717, 1.165) is 21.8 Å². The third kappa shape index (κ3) is 2.45. The number of halogens is 1. The van der Waals surface area contributed by atoms with E-state index in [0.29, 0.717) is 11.4 Å². The lowest BCUT2D eigenvalue weighted by Crippen LogP contribution is -2.27. The van der Waals surface area contributed by atoms with Gasteiger partial charge in [0.05, 0.1) is 4.91 Å². The van der Waals surface area contributed by atoms with E-state index in [9.17, 15) is 9.59 Å². The maximum Gasteiger partial charge on any atom is 0.293 e. The van der Waals surface area contributed by atoms with Crippen LogP contribution in [0.1, 0.15) is 12.5 Å². The molecule has 1 fully saturated rings. The smallest absolute Gasteiger partial charge is 0.269 e. The summed E-state index contributed by atoms with van der Waals surface area (Å²) in [4.78, 5) is 25.1. The number of hydrogen-bond donors (Lipinski definition) is 0. The maximum absolute atomic E-state index is 11.9. The Bertz CT molecular complexity index is 513. The molecule has 1 aliphatic rings. The summed E-state index contributed by atoms with van der Waals surface area (Å²) in [6.45, 7) is 2.20. The van der Waals surface area contributed by atoms with Crippen molar-refractivity contribution < 1.29 is 9.59 Å². The number of hydrogen-bond acceptors (Lipinski definition) is 3. The average Bonchev–Trinajstić information content (AvgIpc) is 2.57. The third-order valence-electron chi connectivity index (χ3n) is 2.38. The van der Waals surface area contributed by atoms with Gasteiger partial charge in [-0.1, -0.05) is 34.1 Å². The fourth-order valence-electron chi connectivity index (χ4n) is 1.51. The zero-order valence-electron chi connectivity index (χ0n) is 9.14. The van der Waals surface area contributed by atoms with Crippen molar-refractivity contribution in [2.75, 3.05) is 6.54 Å². The molecule has 1 aliphatic heterocycles. The van der Waals surface area contributed by atoms with Crippen LogP contribution in [-0.4, -0.2) is 22.6 Å². The van der Waals surface area contributed by atoms with Crippen LogP contribution in [-0.2, 0) is 4.79 Å². The van der Waals surface area contributed by atoms with Crippen LogP contribution in [0.15, 0.2) is 33.6 Å². The number of nitrogens with zero attached hydrogens (tertiary/aromatic N) is 1. The number of amides is 2. The van der Waals surface area contributed by atoms with Crippen LogP contribution >= 0.6 is 27.7 Å². The first-order chi connectivity index (χ1) is 8.13. The molecule has 0 spiro atoms. The quantitative estimate of drug-likeness (QED) is 0.784. The molecule has 0 N–H and O–H groups in total. The Labute approximate surface area is 112 Å². The van der Waals surface area contributed by atoms with Crippen molar-refractivity contribution in [1.29, 1.82) is 0 Å². The molecule has 0 atom stereocenters. The monoisotopic (exact) mass is 311 g/mol. The molecule has 2 rings (SSSR count). The molecule has 1 aromatic carbocycles. The van der Waals surface area contributed by atoms with Crippen LogP contribution in [0.2, 0.25) is 0 Å². The topological polar surface area (TPSA) is 37.4 Å². The van der Waals surface area contributed by atoms with Crippen molar-refractivity contribution in [3.05, 3.63) is 39.2 Å². The molecule has 0 unspecified atom stereocenters. The van der Waals surface area contributed by atoms with E-state index >= 15 is 0 Å². The highest BCUT2D eigenvalue weighted by molar-refractivity contribution is 9.10. The summed E-state index contributed by atoms with van der Waals surface area (Å²) in [6.07, 6.45) is 1.74. The minimum Gasteiger partial charge on any atom is -0.269 e. The predicted molar refractivity (Wildman–Crippen MR) is 72.5 cm³/mol. The molecule has 0 saturated carbocycles. The summed E-state index contributed by atoms with van der Waals surface area (Å²) in [5.41, 5.74) is 0.897. The van der Waals surface area contributed by atoms with Crippen molar-refractivity contribution in [2.24, 2.45) is 0 Å². The molecule has 0 aliphatic carbocycles. The number of imide groups is 1.